The van der Waals surface area contributed by atoms with Crippen molar-refractivity contribution in [2.45, 2.75) is 15.2 Å². The minimum Gasteiger partial charge on any atom is -0.247 e. The van der Waals surface area contributed by atoms with E-state index in [2.05, 4.69) is 170 Å². The molecule has 0 fully saturated rings. The number of rotatable bonds is 3. The van der Waals surface area contributed by atoms with Crippen LogP contribution in [0.2, 0.25) is 0 Å². The number of hydrogen-bond donors (Lipinski definition) is 0. The van der Waals surface area contributed by atoms with Crippen LogP contribution >= 0.6 is 23.1 Å². The molecule has 1 spiro atoms. The zero-order valence-corrected chi connectivity index (χ0v) is 33.2. The minimum absolute atomic E-state index is 0.446. The molecular weight excluding hydrogens is 755 g/mol. The van der Waals surface area contributed by atoms with Gasteiger partial charge in [-0.3, -0.25) is 0 Å². The maximum Gasteiger partial charge on any atom is 0.160 e. The standard InChI is InChI=1S/C54H31N3S2/c1-2-14-34(15-3-1)53-56-50(52-51(57-53)37-18-6-11-23-44(37)59-52)33-28-26-32(27-29-33)49-38-30-31-42-48(47(38)36-17-5-10-22-43(36)55-49)35-16-4-7-19-39(35)54(42)40-20-8-12-24-45(40)58-46-25-13-9-21-41(46)54/h1-31H. The average Bonchev–Trinajstić information content (AvgIpc) is 3.83. The Labute approximate surface area is 348 Å². The highest BCUT2D eigenvalue weighted by Crippen LogP contribution is 2.63. The van der Waals surface area contributed by atoms with Gasteiger partial charge in [0.15, 0.2) is 5.82 Å². The van der Waals surface area contributed by atoms with Crippen LogP contribution in [0.5, 0.6) is 0 Å². The molecule has 1 aliphatic heterocycles. The monoisotopic (exact) mass is 785 g/mol. The Hall–Kier alpha value is -6.92. The molecule has 8 aromatic carbocycles. The van der Waals surface area contributed by atoms with Gasteiger partial charge >= 0.3 is 0 Å². The molecule has 59 heavy (non-hydrogen) atoms. The van der Waals surface area contributed by atoms with Gasteiger partial charge in [0, 0.05) is 52.7 Å². The van der Waals surface area contributed by atoms with Crippen molar-refractivity contribution in [3.05, 3.63) is 210 Å². The fourth-order valence-corrected chi connectivity index (χ4v) is 12.2. The van der Waals surface area contributed by atoms with Crippen LogP contribution in [0.1, 0.15) is 22.3 Å². The molecule has 0 bridgehead atoms. The van der Waals surface area contributed by atoms with Crippen molar-refractivity contribution in [3.8, 4) is 45.0 Å². The molecule has 0 amide bonds. The molecule has 0 unspecified atom stereocenters. The number of nitrogens with zero attached hydrogens (tertiary/aromatic N) is 3. The Morgan fingerprint density at radius 1 is 0.407 bits per heavy atom. The molecule has 4 heterocycles. The number of fused-ring (bicyclic) bond motifs is 16. The van der Waals surface area contributed by atoms with Crippen LogP contribution in [0.25, 0.3) is 87.0 Å². The third-order valence-corrected chi connectivity index (χ3v) is 14.7. The second kappa shape index (κ2) is 12.5. The largest absolute Gasteiger partial charge is 0.247 e. The predicted octanol–water partition coefficient (Wildman–Crippen LogP) is 14.4. The maximum absolute atomic E-state index is 5.44. The van der Waals surface area contributed by atoms with E-state index in [0.717, 1.165) is 60.4 Å². The molecule has 5 heteroatoms. The van der Waals surface area contributed by atoms with Crippen LogP contribution in [0.15, 0.2) is 198 Å². The lowest BCUT2D eigenvalue weighted by molar-refractivity contribution is 0.723. The lowest BCUT2D eigenvalue weighted by Gasteiger charge is -2.39. The second-order valence-corrected chi connectivity index (χ2v) is 17.5. The SMILES string of the molecule is c1ccc(-c2nc(-c3ccc(-c4nc5ccccc5c5c6c(ccc45)C4(c5ccccc5Sc5ccccc54)c4ccccc4-6)cc3)c3sc4ccccc4c3n2)cc1. The average molecular weight is 786 g/mol. The summed E-state index contributed by atoms with van der Waals surface area (Å²) >= 11 is 3.64. The van der Waals surface area contributed by atoms with Crippen molar-refractivity contribution >= 4 is 65.1 Å². The summed E-state index contributed by atoms with van der Waals surface area (Å²) in [5, 5.41) is 4.72. The molecule has 0 saturated heterocycles. The Morgan fingerprint density at radius 2 is 1.03 bits per heavy atom. The summed E-state index contributed by atoms with van der Waals surface area (Å²) in [6, 6.07) is 68.2. The van der Waals surface area contributed by atoms with Gasteiger partial charge in [-0.2, -0.15) is 0 Å². The normalized spacial score (nSPS) is 13.5. The Bertz CT molecular complexity index is 3490. The van der Waals surface area contributed by atoms with E-state index in [1.807, 2.05) is 30.0 Å². The van der Waals surface area contributed by atoms with Crippen LogP contribution in [0, 0.1) is 0 Å². The molecule has 2 aliphatic rings. The smallest absolute Gasteiger partial charge is 0.160 e. The van der Waals surface area contributed by atoms with Gasteiger partial charge in [0.2, 0.25) is 0 Å². The zero-order valence-electron chi connectivity index (χ0n) is 31.6. The molecule has 13 rings (SSSR count). The van der Waals surface area contributed by atoms with Gasteiger partial charge in [0.25, 0.3) is 0 Å². The number of hydrogen-bond acceptors (Lipinski definition) is 5. The third-order valence-electron chi connectivity index (χ3n) is 12.4. The Kier molecular flexibility index (Phi) is 7.03. The predicted molar refractivity (Wildman–Crippen MR) is 245 cm³/mol. The molecule has 0 atom stereocenters. The first kappa shape index (κ1) is 33.1. The zero-order chi connectivity index (χ0) is 38.7. The van der Waals surface area contributed by atoms with Gasteiger partial charge < -0.3 is 0 Å². The summed E-state index contributed by atoms with van der Waals surface area (Å²) in [6.45, 7) is 0. The van der Waals surface area contributed by atoms with Gasteiger partial charge in [0.1, 0.15) is 0 Å². The van der Waals surface area contributed by atoms with Crippen LogP contribution < -0.4 is 0 Å². The number of para-hydroxylation sites is 1. The molecule has 3 aromatic heterocycles. The first-order valence-corrected chi connectivity index (χ1v) is 21.6. The van der Waals surface area contributed by atoms with E-state index < -0.39 is 5.41 Å². The number of benzene rings is 8. The highest BCUT2D eigenvalue weighted by Gasteiger charge is 2.50. The Morgan fingerprint density at radius 3 is 1.81 bits per heavy atom. The molecule has 0 saturated carbocycles. The summed E-state index contributed by atoms with van der Waals surface area (Å²) in [7, 11) is 0. The van der Waals surface area contributed by atoms with Crippen molar-refractivity contribution in [1.29, 1.82) is 0 Å². The van der Waals surface area contributed by atoms with E-state index in [4.69, 9.17) is 15.0 Å². The highest BCUT2D eigenvalue weighted by molar-refractivity contribution is 7.99. The first-order chi connectivity index (χ1) is 29.3. The molecule has 11 aromatic rings. The van der Waals surface area contributed by atoms with E-state index >= 15 is 0 Å². The summed E-state index contributed by atoms with van der Waals surface area (Å²) in [4.78, 5) is 18.4. The molecule has 0 radical (unpaired) electrons. The highest BCUT2D eigenvalue weighted by atomic mass is 32.2. The van der Waals surface area contributed by atoms with Crippen molar-refractivity contribution in [2.75, 3.05) is 0 Å². The van der Waals surface area contributed by atoms with Gasteiger partial charge in [0.05, 0.1) is 32.5 Å². The van der Waals surface area contributed by atoms with Crippen molar-refractivity contribution in [1.82, 2.24) is 15.0 Å². The molecule has 0 N–H and O–H groups in total. The van der Waals surface area contributed by atoms with E-state index in [1.165, 1.54) is 58.6 Å². The lowest BCUT2D eigenvalue weighted by atomic mass is 9.67. The molecule has 1 aliphatic carbocycles. The van der Waals surface area contributed by atoms with Crippen LogP contribution in [-0.2, 0) is 5.41 Å². The fourth-order valence-electron chi connectivity index (χ4n) is 9.89. The third kappa shape index (κ3) is 4.63. The van der Waals surface area contributed by atoms with Crippen LogP contribution in [0.4, 0.5) is 0 Å². The van der Waals surface area contributed by atoms with Crippen LogP contribution in [0.3, 0.4) is 0 Å². The van der Waals surface area contributed by atoms with Crippen molar-refractivity contribution < 1.29 is 0 Å². The first-order valence-electron chi connectivity index (χ1n) is 19.9. The maximum atomic E-state index is 5.44. The van der Waals surface area contributed by atoms with E-state index in [0.29, 0.717) is 0 Å². The number of pyridine rings is 1. The number of aromatic nitrogens is 3. The van der Waals surface area contributed by atoms with E-state index in [1.54, 1.807) is 11.3 Å². The summed E-state index contributed by atoms with van der Waals surface area (Å²) in [5.74, 6) is 0.733. The number of thiophene rings is 1. The minimum atomic E-state index is -0.446. The van der Waals surface area contributed by atoms with E-state index in [-0.39, 0.29) is 0 Å². The summed E-state index contributed by atoms with van der Waals surface area (Å²) < 4.78 is 2.31. The second-order valence-electron chi connectivity index (χ2n) is 15.4. The lowest BCUT2D eigenvalue weighted by Crippen LogP contribution is -2.31. The van der Waals surface area contributed by atoms with Crippen LogP contribution in [-0.4, -0.2) is 15.0 Å². The Balaban J connectivity index is 1.05. The van der Waals surface area contributed by atoms with Crippen molar-refractivity contribution in [2.24, 2.45) is 0 Å². The van der Waals surface area contributed by atoms with Gasteiger partial charge in [-0.05, 0) is 57.6 Å². The van der Waals surface area contributed by atoms with E-state index in [9.17, 15) is 0 Å². The van der Waals surface area contributed by atoms with Gasteiger partial charge in [-0.1, -0.05) is 176 Å². The molecule has 274 valence electrons. The quantitative estimate of drug-likeness (QED) is 0.167. The topological polar surface area (TPSA) is 38.7 Å². The van der Waals surface area contributed by atoms with Gasteiger partial charge in [-0.25, -0.2) is 15.0 Å². The van der Waals surface area contributed by atoms with Crippen molar-refractivity contribution in [3.63, 3.8) is 0 Å². The molecular formula is C54H31N3S2. The summed E-state index contributed by atoms with van der Waals surface area (Å²) in [5.41, 5.74) is 14.5. The van der Waals surface area contributed by atoms with Gasteiger partial charge in [-0.15, -0.1) is 11.3 Å². The summed E-state index contributed by atoms with van der Waals surface area (Å²) in [6.07, 6.45) is 0. The fraction of sp³-hybridized carbons (Fsp3) is 0.0185. The molecule has 3 nitrogen and oxygen atoms in total.